The van der Waals surface area contributed by atoms with Crippen LogP contribution >= 0.6 is 23.2 Å². The first kappa shape index (κ1) is 15.8. The molecule has 0 radical (unpaired) electrons. The molecule has 2 aromatic rings. The minimum Gasteiger partial charge on any atom is -0.479 e. The number of halogens is 2. The van der Waals surface area contributed by atoms with Gasteiger partial charge in [-0.1, -0.05) is 48.3 Å². The monoisotopic (exact) mass is 324 g/mol. The zero-order valence-corrected chi connectivity index (χ0v) is 12.8. The van der Waals surface area contributed by atoms with Gasteiger partial charge in [-0.2, -0.15) is 0 Å². The van der Waals surface area contributed by atoms with Crippen LogP contribution in [0.1, 0.15) is 23.6 Å². The van der Waals surface area contributed by atoms with Gasteiger partial charge in [-0.3, -0.25) is 0 Å². The summed E-state index contributed by atoms with van der Waals surface area (Å²) in [6.45, 7) is 1.87. The van der Waals surface area contributed by atoms with Crippen molar-refractivity contribution in [3.8, 4) is 0 Å². The topological polar surface area (TPSA) is 57.5 Å². The normalized spacial score (nSPS) is 13.7. The highest BCUT2D eigenvalue weighted by Gasteiger charge is 2.41. The molecule has 5 heteroatoms. The third-order valence-electron chi connectivity index (χ3n) is 3.41. The van der Waals surface area contributed by atoms with Gasteiger partial charge in [0.1, 0.15) is 0 Å². The van der Waals surface area contributed by atoms with Gasteiger partial charge in [0.15, 0.2) is 0 Å². The fourth-order valence-electron chi connectivity index (χ4n) is 2.29. The average molecular weight is 325 g/mol. The van der Waals surface area contributed by atoms with Crippen molar-refractivity contribution in [2.24, 2.45) is 0 Å². The van der Waals surface area contributed by atoms with E-state index in [0.717, 1.165) is 0 Å². The molecule has 0 heterocycles. The standard InChI is InChI=1S/C16H14Cl2O3/c1-2-10-9-13(18)7-8-14(10)16(21,15(19)20)11-3-5-12(17)6-4-11/h3-9,21H,2H2,1H3,(H,19,20). The Hall–Kier alpha value is -1.55. The fourth-order valence-corrected chi connectivity index (χ4v) is 2.61. The molecule has 2 N–H and O–H groups in total. The Labute approximate surface area is 132 Å². The van der Waals surface area contributed by atoms with Crippen molar-refractivity contribution >= 4 is 29.2 Å². The van der Waals surface area contributed by atoms with Gasteiger partial charge in [-0.25, -0.2) is 4.79 Å². The molecule has 0 amide bonds. The first-order valence-corrected chi connectivity index (χ1v) is 7.16. The van der Waals surface area contributed by atoms with Gasteiger partial charge in [-0.05, 0) is 41.8 Å². The number of carboxylic acids is 1. The largest absolute Gasteiger partial charge is 0.479 e. The second-order valence-corrected chi connectivity index (χ2v) is 5.55. The molecule has 21 heavy (non-hydrogen) atoms. The van der Waals surface area contributed by atoms with Crippen molar-refractivity contribution in [1.29, 1.82) is 0 Å². The van der Waals surface area contributed by atoms with E-state index in [1.54, 1.807) is 30.3 Å². The summed E-state index contributed by atoms with van der Waals surface area (Å²) in [7, 11) is 0. The van der Waals surface area contributed by atoms with E-state index in [-0.39, 0.29) is 5.56 Å². The van der Waals surface area contributed by atoms with E-state index < -0.39 is 11.6 Å². The van der Waals surface area contributed by atoms with Gasteiger partial charge in [0.25, 0.3) is 0 Å². The number of carbonyl (C=O) groups is 1. The number of rotatable bonds is 4. The molecule has 0 fully saturated rings. The molecule has 0 aliphatic carbocycles. The van der Waals surface area contributed by atoms with Gasteiger partial charge in [0.2, 0.25) is 5.60 Å². The summed E-state index contributed by atoms with van der Waals surface area (Å²) < 4.78 is 0. The minimum atomic E-state index is -2.14. The Bertz CT molecular complexity index is 668. The first-order chi connectivity index (χ1) is 9.89. The lowest BCUT2D eigenvalue weighted by atomic mass is 9.83. The van der Waals surface area contributed by atoms with Crippen LogP contribution in [0.25, 0.3) is 0 Å². The van der Waals surface area contributed by atoms with Gasteiger partial charge < -0.3 is 10.2 Å². The number of hydrogen-bond acceptors (Lipinski definition) is 2. The molecule has 0 aliphatic rings. The molecular formula is C16H14Cl2O3. The SMILES string of the molecule is CCc1cc(Cl)ccc1C(O)(C(=O)O)c1ccc(Cl)cc1. The number of aryl methyl sites for hydroxylation is 1. The molecule has 0 saturated heterocycles. The average Bonchev–Trinajstić information content (AvgIpc) is 2.46. The van der Waals surface area contributed by atoms with Crippen LogP contribution in [0.3, 0.4) is 0 Å². The van der Waals surface area contributed by atoms with Crippen LogP contribution in [0, 0.1) is 0 Å². The molecular weight excluding hydrogens is 311 g/mol. The van der Waals surface area contributed by atoms with Crippen LogP contribution in [-0.2, 0) is 16.8 Å². The molecule has 0 bridgehead atoms. The van der Waals surface area contributed by atoms with Crippen molar-refractivity contribution in [1.82, 2.24) is 0 Å². The van der Waals surface area contributed by atoms with E-state index in [1.807, 2.05) is 6.92 Å². The van der Waals surface area contributed by atoms with Gasteiger partial charge >= 0.3 is 5.97 Å². The lowest BCUT2D eigenvalue weighted by Gasteiger charge is -2.27. The quantitative estimate of drug-likeness (QED) is 0.897. The molecule has 0 aromatic heterocycles. The summed E-state index contributed by atoms with van der Waals surface area (Å²) in [4.78, 5) is 11.7. The Balaban J connectivity index is 2.68. The van der Waals surface area contributed by atoms with Crippen LogP contribution in [0.5, 0.6) is 0 Å². The van der Waals surface area contributed by atoms with Crippen molar-refractivity contribution in [2.45, 2.75) is 18.9 Å². The predicted molar refractivity (Wildman–Crippen MR) is 82.9 cm³/mol. The van der Waals surface area contributed by atoms with Crippen molar-refractivity contribution < 1.29 is 15.0 Å². The third-order valence-corrected chi connectivity index (χ3v) is 3.90. The molecule has 1 unspecified atom stereocenters. The molecule has 0 spiro atoms. The van der Waals surface area contributed by atoms with Gasteiger partial charge in [0, 0.05) is 15.6 Å². The maximum absolute atomic E-state index is 11.7. The van der Waals surface area contributed by atoms with E-state index in [4.69, 9.17) is 23.2 Å². The number of aliphatic carboxylic acids is 1. The highest BCUT2D eigenvalue weighted by Crippen LogP contribution is 2.34. The summed E-state index contributed by atoms with van der Waals surface area (Å²) in [5, 5.41) is 21.4. The van der Waals surface area contributed by atoms with Crippen LogP contribution in [-0.4, -0.2) is 16.2 Å². The van der Waals surface area contributed by atoms with Crippen LogP contribution in [0.2, 0.25) is 10.0 Å². The molecule has 0 aliphatic heterocycles. The highest BCUT2D eigenvalue weighted by molar-refractivity contribution is 6.31. The molecule has 3 nitrogen and oxygen atoms in total. The Morgan fingerprint density at radius 1 is 1.10 bits per heavy atom. The molecule has 1 atom stereocenters. The number of carboxylic acid groups (broad SMARTS) is 1. The van der Waals surface area contributed by atoms with E-state index in [2.05, 4.69) is 0 Å². The van der Waals surface area contributed by atoms with E-state index in [9.17, 15) is 15.0 Å². The maximum Gasteiger partial charge on any atom is 0.345 e. The van der Waals surface area contributed by atoms with Crippen LogP contribution in [0.15, 0.2) is 42.5 Å². The van der Waals surface area contributed by atoms with Crippen LogP contribution in [0.4, 0.5) is 0 Å². The van der Waals surface area contributed by atoms with Crippen LogP contribution < -0.4 is 0 Å². The summed E-state index contributed by atoms with van der Waals surface area (Å²) in [6, 6.07) is 10.9. The zero-order chi connectivity index (χ0) is 15.6. The van der Waals surface area contributed by atoms with Crippen molar-refractivity contribution in [3.05, 3.63) is 69.2 Å². The smallest absolute Gasteiger partial charge is 0.345 e. The molecule has 2 rings (SSSR count). The van der Waals surface area contributed by atoms with Gasteiger partial charge in [-0.15, -0.1) is 0 Å². The lowest BCUT2D eigenvalue weighted by molar-refractivity contribution is -0.155. The van der Waals surface area contributed by atoms with Gasteiger partial charge in [0.05, 0.1) is 0 Å². The third kappa shape index (κ3) is 2.91. The Morgan fingerprint density at radius 2 is 1.67 bits per heavy atom. The zero-order valence-electron chi connectivity index (χ0n) is 11.3. The second-order valence-electron chi connectivity index (χ2n) is 4.68. The number of hydrogen-bond donors (Lipinski definition) is 2. The number of benzene rings is 2. The van der Waals surface area contributed by atoms with Crippen molar-refractivity contribution in [2.75, 3.05) is 0 Å². The molecule has 110 valence electrons. The first-order valence-electron chi connectivity index (χ1n) is 6.40. The Kier molecular flexibility index (Phi) is 4.57. The summed E-state index contributed by atoms with van der Waals surface area (Å²) >= 11 is 11.8. The molecule has 2 aromatic carbocycles. The highest BCUT2D eigenvalue weighted by atomic mass is 35.5. The summed E-state index contributed by atoms with van der Waals surface area (Å²) in [6.07, 6.45) is 0.555. The van der Waals surface area contributed by atoms with Crippen molar-refractivity contribution in [3.63, 3.8) is 0 Å². The van der Waals surface area contributed by atoms with E-state index in [0.29, 0.717) is 27.6 Å². The van der Waals surface area contributed by atoms with E-state index in [1.165, 1.54) is 12.1 Å². The maximum atomic E-state index is 11.7. The second kappa shape index (κ2) is 6.06. The number of aliphatic hydroxyl groups is 1. The molecule has 0 saturated carbocycles. The predicted octanol–water partition coefficient (Wildman–Crippen LogP) is 3.88. The van der Waals surface area contributed by atoms with E-state index >= 15 is 0 Å². The Morgan fingerprint density at radius 3 is 2.19 bits per heavy atom. The summed E-state index contributed by atoms with van der Waals surface area (Å²) in [5.74, 6) is -1.35. The lowest BCUT2D eigenvalue weighted by Crippen LogP contribution is -2.37. The minimum absolute atomic E-state index is 0.247. The summed E-state index contributed by atoms with van der Waals surface area (Å²) in [5.41, 5.74) is -0.899. The fraction of sp³-hybridized carbons (Fsp3) is 0.188.